The predicted molar refractivity (Wildman–Crippen MR) is 56.4 cm³/mol. The fraction of sp³-hybridized carbons (Fsp3) is 0.667. The Morgan fingerprint density at radius 1 is 1.39 bits per heavy atom. The van der Waals surface area contributed by atoms with E-state index in [4.69, 9.17) is 13.0 Å². The number of imidazole rings is 1. The van der Waals surface area contributed by atoms with Crippen LogP contribution >= 0.6 is 0 Å². The molecule has 1 aromatic heterocycles. The number of nitrogens with zero attached hydrogens (tertiary/aromatic N) is 1. The summed E-state index contributed by atoms with van der Waals surface area (Å²) in [5.74, 6) is 1.32. The highest BCUT2D eigenvalue weighted by Crippen LogP contribution is 2.20. The van der Waals surface area contributed by atoms with Crippen LogP contribution in [0.2, 0.25) is 0 Å². The van der Waals surface area contributed by atoms with Crippen LogP contribution in [0.3, 0.4) is 0 Å². The number of rotatable bonds is 3. The number of hydrogen-bond donors (Lipinski definition) is 1. The third-order valence-electron chi connectivity index (χ3n) is 1.93. The second-order valence-electron chi connectivity index (χ2n) is 3.35. The lowest BCUT2D eigenvalue weighted by Crippen LogP contribution is -2.35. The summed E-state index contributed by atoms with van der Waals surface area (Å²) in [6.07, 6.45) is 6.39. The highest BCUT2D eigenvalue weighted by Gasteiger charge is 2.36. The zero-order valence-corrected chi connectivity index (χ0v) is 10.8. The van der Waals surface area contributed by atoms with Crippen molar-refractivity contribution in [1.29, 1.82) is 0 Å². The van der Waals surface area contributed by atoms with Gasteiger partial charge in [-0.05, 0) is 6.42 Å². The fourth-order valence-electron chi connectivity index (χ4n) is 1.15. The van der Waals surface area contributed by atoms with Gasteiger partial charge in [0, 0.05) is 6.42 Å². The van der Waals surface area contributed by atoms with E-state index in [1.807, 2.05) is 6.20 Å². The molecule has 0 bridgehead atoms. The molecule has 5 nitrogen and oxygen atoms in total. The molecule has 0 unspecified atom stereocenters. The first kappa shape index (κ1) is 16.9. The summed E-state index contributed by atoms with van der Waals surface area (Å²) in [6.45, 7) is 5.49. The van der Waals surface area contributed by atoms with Gasteiger partial charge in [-0.3, -0.25) is 0 Å². The van der Waals surface area contributed by atoms with Crippen LogP contribution in [0.4, 0.5) is 13.2 Å². The van der Waals surface area contributed by atoms with Crippen molar-refractivity contribution in [3.63, 3.8) is 0 Å². The molecule has 0 aliphatic carbocycles. The second-order valence-corrected chi connectivity index (χ2v) is 4.72. The first-order chi connectivity index (χ1) is 8.13. The Labute approximate surface area is 103 Å². The molecular formula is C9H15F3N2O3S. The maximum atomic E-state index is 10.7. The van der Waals surface area contributed by atoms with Gasteiger partial charge < -0.3 is 4.55 Å². The van der Waals surface area contributed by atoms with Gasteiger partial charge in [0.15, 0.2) is 10.1 Å². The fourth-order valence-corrected chi connectivity index (χ4v) is 1.15. The van der Waals surface area contributed by atoms with Crippen molar-refractivity contribution in [2.45, 2.75) is 38.7 Å². The van der Waals surface area contributed by atoms with Gasteiger partial charge in [0.25, 0.3) is 5.82 Å². The number of halogens is 3. The average Bonchev–Trinajstić information content (AvgIpc) is 2.63. The van der Waals surface area contributed by atoms with E-state index < -0.39 is 15.6 Å². The topological polar surface area (TPSA) is 76.9 Å². The Kier molecular flexibility index (Phi) is 6.33. The predicted octanol–water partition coefficient (Wildman–Crippen LogP) is 1.33. The molecule has 0 aromatic carbocycles. The molecule has 0 radical (unpaired) electrons. The summed E-state index contributed by atoms with van der Waals surface area (Å²) in [5.41, 5.74) is -5.65. The summed E-state index contributed by atoms with van der Waals surface area (Å²) < 4.78 is 61.2. The third kappa shape index (κ3) is 5.50. The Balaban J connectivity index is 0.000000331. The monoisotopic (exact) mass is 288 g/mol. The van der Waals surface area contributed by atoms with E-state index in [1.165, 1.54) is 12.2 Å². The highest BCUT2D eigenvalue weighted by molar-refractivity contribution is 7.86. The molecule has 1 rings (SSSR count). The first-order valence-electron chi connectivity index (χ1n) is 5.21. The molecule has 0 saturated carbocycles. The SMILES string of the molecule is CCC[n+]1cc[nH]c1CC.O=S(=O)([O-])C(F)(F)F. The minimum absolute atomic E-state index is 1.09. The van der Waals surface area contributed by atoms with Crippen LogP contribution in [0.5, 0.6) is 0 Å². The molecule has 18 heavy (non-hydrogen) atoms. The van der Waals surface area contributed by atoms with E-state index in [1.54, 1.807) is 0 Å². The van der Waals surface area contributed by atoms with Crippen molar-refractivity contribution in [3.8, 4) is 0 Å². The van der Waals surface area contributed by atoms with E-state index >= 15 is 0 Å². The van der Waals surface area contributed by atoms with Crippen molar-refractivity contribution in [2.24, 2.45) is 0 Å². The molecular weight excluding hydrogens is 273 g/mol. The number of alkyl halides is 3. The van der Waals surface area contributed by atoms with E-state index in [0.29, 0.717) is 0 Å². The highest BCUT2D eigenvalue weighted by atomic mass is 32.2. The van der Waals surface area contributed by atoms with Crippen LogP contribution in [0.25, 0.3) is 0 Å². The maximum absolute atomic E-state index is 10.7. The average molecular weight is 288 g/mol. The van der Waals surface area contributed by atoms with Crippen molar-refractivity contribution in [2.75, 3.05) is 0 Å². The lowest BCUT2D eigenvalue weighted by atomic mass is 10.4. The molecule has 106 valence electrons. The minimum atomic E-state index is -6.09. The summed E-state index contributed by atoms with van der Waals surface area (Å²) in [7, 11) is -6.09. The molecule has 0 atom stereocenters. The van der Waals surface area contributed by atoms with Gasteiger partial charge in [0.05, 0.1) is 6.54 Å². The number of nitrogens with one attached hydrogen (secondary N) is 1. The van der Waals surface area contributed by atoms with E-state index in [9.17, 15) is 13.2 Å². The first-order valence-corrected chi connectivity index (χ1v) is 6.62. The van der Waals surface area contributed by atoms with Crippen LogP contribution in [0, 0.1) is 0 Å². The number of aromatic nitrogens is 2. The Bertz CT molecular complexity index is 454. The standard InChI is InChI=1S/C8H14N2.CHF3O3S/c1-3-6-10-7-5-9-8(10)4-2;2-1(3,4)8(5,6)7/h5,7H,3-4,6H2,1-2H3;(H,5,6,7). The van der Waals surface area contributed by atoms with Gasteiger partial charge in [0.2, 0.25) is 0 Å². The van der Waals surface area contributed by atoms with Gasteiger partial charge in [-0.1, -0.05) is 13.8 Å². The van der Waals surface area contributed by atoms with Gasteiger partial charge in [-0.15, -0.1) is 0 Å². The lowest BCUT2D eigenvalue weighted by molar-refractivity contribution is -0.702. The van der Waals surface area contributed by atoms with Gasteiger partial charge in [0.1, 0.15) is 12.4 Å². The van der Waals surface area contributed by atoms with Gasteiger partial charge in [-0.25, -0.2) is 18.0 Å². The zero-order valence-electron chi connectivity index (χ0n) is 9.99. The smallest absolute Gasteiger partial charge is 0.485 e. The van der Waals surface area contributed by atoms with Gasteiger partial charge in [-0.2, -0.15) is 13.2 Å². The molecule has 1 N–H and O–H groups in total. The molecule has 0 amide bonds. The molecule has 9 heteroatoms. The van der Waals surface area contributed by atoms with Crippen LogP contribution < -0.4 is 4.57 Å². The van der Waals surface area contributed by atoms with Crippen LogP contribution in [0.15, 0.2) is 12.4 Å². The molecule has 0 aliphatic rings. The van der Waals surface area contributed by atoms with Crippen LogP contribution in [-0.4, -0.2) is 23.5 Å². The van der Waals surface area contributed by atoms with Crippen LogP contribution in [0.1, 0.15) is 26.1 Å². The summed E-state index contributed by atoms with van der Waals surface area (Å²) in [6, 6.07) is 0. The van der Waals surface area contributed by atoms with Crippen molar-refractivity contribution in [3.05, 3.63) is 18.2 Å². The summed E-state index contributed by atoms with van der Waals surface area (Å²) >= 11 is 0. The molecule has 0 saturated heterocycles. The third-order valence-corrected chi connectivity index (χ3v) is 2.50. The van der Waals surface area contributed by atoms with Crippen molar-refractivity contribution < 1.29 is 30.7 Å². The zero-order chi connectivity index (χ0) is 14.4. The lowest BCUT2D eigenvalue weighted by Gasteiger charge is -2.08. The number of aromatic amines is 1. The number of H-pyrrole nitrogens is 1. The van der Waals surface area contributed by atoms with E-state index in [2.05, 4.69) is 29.6 Å². The molecule has 1 heterocycles. The number of aryl methyl sites for hydroxylation is 2. The largest absolute Gasteiger partial charge is 0.741 e. The molecule has 0 spiro atoms. The Morgan fingerprint density at radius 3 is 2.22 bits per heavy atom. The van der Waals surface area contributed by atoms with E-state index in [-0.39, 0.29) is 0 Å². The summed E-state index contributed by atoms with van der Waals surface area (Å²) in [5, 5.41) is 0. The van der Waals surface area contributed by atoms with Crippen molar-refractivity contribution in [1.82, 2.24) is 4.98 Å². The van der Waals surface area contributed by atoms with E-state index in [0.717, 1.165) is 13.0 Å². The number of hydrogen-bond acceptors (Lipinski definition) is 3. The molecule has 0 aliphatic heterocycles. The Hall–Kier alpha value is -1.09. The minimum Gasteiger partial charge on any atom is -0.741 e. The molecule has 1 aromatic rings. The molecule has 0 fully saturated rings. The van der Waals surface area contributed by atoms with Crippen molar-refractivity contribution >= 4 is 10.1 Å². The second kappa shape index (κ2) is 6.74. The normalized spacial score (nSPS) is 11.9. The maximum Gasteiger partial charge on any atom is 0.485 e. The Morgan fingerprint density at radius 2 is 1.89 bits per heavy atom. The van der Waals surface area contributed by atoms with Crippen LogP contribution in [-0.2, 0) is 23.1 Å². The quantitative estimate of drug-likeness (QED) is 0.518. The summed E-state index contributed by atoms with van der Waals surface area (Å²) in [4.78, 5) is 3.20. The van der Waals surface area contributed by atoms with Gasteiger partial charge >= 0.3 is 5.51 Å².